The van der Waals surface area contributed by atoms with E-state index in [1.807, 2.05) is 0 Å². The first kappa shape index (κ1) is 27.9. The Labute approximate surface area is 192 Å². The Morgan fingerprint density at radius 1 is 0.909 bits per heavy atom. The van der Waals surface area contributed by atoms with E-state index < -0.39 is 54.0 Å². The maximum Gasteiger partial charge on any atom is 0.326 e. The van der Waals surface area contributed by atoms with Gasteiger partial charge in [0, 0.05) is 0 Å². The minimum atomic E-state index is -1.42. The number of hydrogen-bond donors (Lipinski definition) is 7. The third-order valence-corrected chi connectivity index (χ3v) is 4.87. The molecule has 8 N–H and O–H groups in total. The van der Waals surface area contributed by atoms with E-state index in [0.29, 0.717) is 5.56 Å². The zero-order valence-electron chi connectivity index (χ0n) is 19.2. The molecule has 11 heteroatoms. The summed E-state index contributed by atoms with van der Waals surface area (Å²) in [4.78, 5) is 48.8. The average molecular weight is 467 g/mol. The molecule has 11 nitrogen and oxygen atoms in total. The fourth-order valence-electron chi connectivity index (χ4n) is 3.00. The lowest BCUT2D eigenvalue weighted by molar-refractivity contribution is -0.143. The van der Waals surface area contributed by atoms with Crippen molar-refractivity contribution in [2.24, 2.45) is 11.7 Å². The van der Waals surface area contributed by atoms with E-state index in [2.05, 4.69) is 16.0 Å². The molecule has 0 spiro atoms. The first-order valence-corrected chi connectivity index (χ1v) is 10.7. The SMILES string of the molecule is CC(C)CC(NC(=O)C(NC(=O)C(C)NC(=O)C(N)Cc1ccc(O)cc1)C(C)O)C(=O)O. The van der Waals surface area contributed by atoms with Gasteiger partial charge >= 0.3 is 5.97 Å². The highest BCUT2D eigenvalue weighted by Crippen LogP contribution is 2.11. The summed E-state index contributed by atoms with van der Waals surface area (Å²) in [5, 5.41) is 35.7. The zero-order chi connectivity index (χ0) is 25.3. The molecule has 1 rings (SSSR count). The molecule has 0 radical (unpaired) electrons. The number of carboxylic acid groups (broad SMARTS) is 1. The van der Waals surface area contributed by atoms with Gasteiger partial charge in [-0.15, -0.1) is 0 Å². The van der Waals surface area contributed by atoms with Gasteiger partial charge in [0.2, 0.25) is 17.7 Å². The lowest BCUT2D eigenvalue weighted by atomic mass is 10.0. The topological polar surface area (TPSA) is 191 Å². The molecule has 0 heterocycles. The van der Waals surface area contributed by atoms with Crippen LogP contribution in [0.1, 0.15) is 39.7 Å². The third kappa shape index (κ3) is 9.46. The van der Waals surface area contributed by atoms with Gasteiger partial charge in [-0.2, -0.15) is 0 Å². The number of aliphatic hydroxyl groups is 1. The molecule has 33 heavy (non-hydrogen) atoms. The van der Waals surface area contributed by atoms with Crippen LogP contribution in [0, 0.1) is 5.92 Å². The molecule has 1 aromatic carbocycles. The highest BCUT2D eigenvalue weighted by Gasteiger charge is 2.31. The van der Waals surface area contributed by atoms with Gasteiger partial charge in [-0.05, 0) is 50.3 Å². The van der Waals surface area contributed by atoms with Crippen LogP contribution in [0.3, 0.4) is 0 Å². The van der Waals surface area contributed by atoms with Crippen molar-refractivity contribution in [3.05, 3.63) is 29.8 Å². The highest BCUT2D eigenvalue weighted by atomic mass is 16.4. The quantitative estimate of drug-likeness (QED) is 0.209. The summed E-state index contributed by atoms with van der Waals surface area (Å²) in [5.74, 6) is -3.36. The number of hydrogen-bond acceptors (Lipinski definition) is 7. The Hall–Kier alpha value is -3.18. The fourth-order valence-corrected chi connectivity index (χ4v) is 3.00. The number of aliphatic hydroxyl groups excluding tert-OH is 1. The molecule has 5 unspecified atom stereocenters. The number of nitrogens with two attached hydrogens (primary N) is 1. The fraction of sp³-hybridized carbons (Fsp3) is 0.545. The van der Waals surface area contributed by atoms with Crippen LogP contribution in [-0.4, -0.2) is 69.3 Å². The molecular formula is C22H34N4O7. The van der Waals surface area contributed by atoms with Crippen LogP contribution in [0.15, 0.2) is 24.3 Å². The number of aromatic hydroxyl groups is 1. The predicted molar refractivity (Wildman–Crippen MR) is 120 cm³/mol. The maximum absolute atomic E-state index is 12.5. The van der Waals surface area contributed by atoms with Crippen molar-refractivity contribution in [2.75, 3.05) is 0 Å². The van der Waals surface area contributed by atoms with Gasteiger partial charge < -0.3 is 37.0 Å². The molecule has 5 atom stereocenters. The lowest BCUT2D eigenvalue weighted by Gasteiger charge is -2.25. The van der Waals surface area contributed by atoms with Gasteiger partial charge in [0.05, 0.1) is 12.1 Å². The van der Waals surface area contributed by atoms with Gasteiger partial charge in [-0.25, -0.2) is 4.79 Å². The van der Waals surface area contributed by atoms with Crippen LogP contribution in [-0.2, 0) is 25.6 Å². The van der Waals surface area contributed by atoms with Crippen molar-refractivity contribution in [3.63, 3.8) is 0 Å². The van der Waals surface area contributed by atoms with E-state index >= 15 is 0 Å². The van der Waals surface area contributed by atoms with Crippen molar-refractivity contribution in [1.82, 2.24) is 16.0 Å². The summed E-state index contributed by atoms with van der Waals surface area (Å²) in [5.41, 5.74) is 6.61. The first-order chi connectivity index (χ1) is 15.3. The normalized spacial score (nSPS) is 15.6. The largest absolute Gasteiger partial charge is 0.508 e. The van der Waals surface area contributed by atoms with Crippen molar-refractivity contribution in [2.45, 2.75) is 70.8 Å². The summed E-state index contributed by atoms with van der Waals surface area (Å²) >= 11 is 0. The number of rotatable bonds is 12. The maximum atomic E-state index is 12.5. The molecular weight excluding hydrogens is 432 g/mol. The van der Waals surface area contributed by atoms with E-state index in [4.69, 9.17) is 5.73 Å². The second-order valence-electron chi connectivity index (χ2n) is 8.46. The van der Waals surface area contributed by atoms with Gasteiger partial charge in [0.25, 0.3) is 0 Å². The standard InChI is InChI=1S/C22H34N4O7/c1-11(2)9-17(22(32)33)25-21(31)18(13(4)27)26-19(29)12(3)24-20(30)16(23)10-14-5-7-15(28)8-6-14/h5-8,11-13,16-18,27-28H,9-10,23H2,1-4H3,(H,24,30)(H,25,31)(H,26,29)(H,32,33). The van der Waals surface area contributed by atoms with Crippen LogP contribution in [0.25, 0.3) is 0 Å². The molecule has 0 saturated heterocycles. The van der Waals surface area contributed by atoms with Crippen LogP contribution >= 0.6 is 0 Å². The van der Waals surface area contributed by atoms with Crippen LogP contribution in [0.4, 0.5) is 0 Å². The molecule has 0 bridgehead atoms. The van der Waals surface area contributed by atoms with Crippen LogP contribution in [0.2, 0.25) is 0 Å². The van der Waals surface area contributed by atoms with E-state index in [0.717, 1.165) is 0 Å². The van der Waals surface area contributed by atoms with Gasteiger partial charge in [0.15, 0.2) is 0 Å². The number of carbonyl (C=O) groups excluding carboxylic acids is 3. The second kappa shape index (κ2) is 12.8. The van der Waals surface area contributed by atoms with E-state index in [9.17, 15) is 34.5 Å². The van der Waals surface area contributed by atoms with Crippen LogP contribution in [0.5, 0.6) is 5.75 Å². The molecule has 0 aromatic heterocycles. The van der Waals surface area contributed by atoms with E-state index in [1.54, 1.807) is 26.0 Å². The van der Waals surface area contributed by atoms with Gasteiger partial charge in [0.1, 0.15) is 23.9 Å². The van der Waals surface area contributed by atoms with Crippen LogP contribution < -0.4 is 21.7 Å². The van der Waals surface area contributed by atoms with Crippen molar-refractivity contribution >= 4 is 23.7 Å². The van der Waals surface area contributed by atoms with Crippen molar-refractivity contribution in [3.8, 4) is 5.75 Å². The average Bonchev–Trinajstić information content (AvgIpc) is 2.71. The number of phenols is 1. The summed E-state index contributed by atoms with van der Waals surface area (Å²) in [6.07, 6.45) is -0.972. The number of carboxylic acids is 1. The molecule has 3 amide bonds. The number of nitrogens with one attached hydrogen (secondary N) is 3. The third-order valence-electron chi connectivity index (χ3n) is 4.87. The molecule has 0 fully saturated rings. The minimum absolute atomic E-state index is 0.00740. The monoisotopic (exact) mass is 466 g/mol. The zero-order valence-corrected chi connectivity index (χ0v) is 19.2. The summed E-state index contributed by atoms with van der Waals surface area (Å²) < 4.78 is 0. The lowest BCUT2D eigenvalue weighted by Crippen LogP contribution is -2.59. The molecule has 0 aliphatic heterocycles. The molecule has 0 aliphatic carbocycles. The Kier molecular flexibility index (Phi) is 10.8. The smallest absolute Gasteiger partial charge is 0.326 e. The van der Waals surface area contributed by atoms with Crippen molar-refractivity contribution in [1.29, 1.82) is 0 Å². The highest BCUT2D eigenvalue weighted by molar-refractivity contribution is 5.94. The van der Waals surface area contributed by atoms with E-state index in [1.165, 1.54) is 26.0 Å². The van der Waals surface area contributed by atoms with Gasteiger partial charge in [-0.3, -0.25) is 14.4 Å². The van der Waals surface area contributed by atoms with E-state index in [-0.39, 0.29) is 24.5 Å². The van der Waals surface area contributed by atoms with Crippen molar-refractivity contribution < 1.29 is 34.5 Å². The van der Waals surface area contributed by atoms with Gasteiger partial charge in [-0.1, -0.05) is 26.0 Å². The summed E-state index contributed by atoms with van der Waals surface area (Å²) in [6.45, 7) is 6.26. The molecule has 0 aliphatic rings. The minimum Gasteiger partial charge on any atom is -0.508 e. The summed E-state index contributed by atoms with van der Waals surface area (Å²) in [7, 11) is 0. The number of carbonyl (C=O) groups is 4. The predicted octanol–water partition coefficient (Wildman–Crippen LogP) is -0.752. The second-order valence-corrected chi connectivity index (χ2v) is 8.46. The first-order valence-electron chi connectivity index (χ1n) is 10.7. The number of phenolic OH excluding ortho intramolecular Hbond substituents is 1. The molecule has 1 aromatic rings. The Morgan fingerprint density at radius 2 is 1.48 bits per heavy atom. The summed E-state index contributed by atoms with van der Waals surface area (Å²) in [6, 6.07) is 1.53. The number of aliphatic carboxylic acids is 1. The molecule has 184 valence electrons. The Bertz CT molecular complexity index is 827. The number of benzene rings is 1. The Balaban J connectivity index is 2.71. The Morgan fingerprint density at radius 3 is 1.97 bits per heavy atom. The molecule has 0 saturated carbocycles. The number of amides is 3.